The van der Waals surface area contributed by atoms with Gasteiger partial charge < -0.3 is 28.5 Å². The number of esters is 1. The Morgan fingerprint density at radius 3 is 1.32 bits per heavy atom. The summed E-state index contributed by atoms with van der Waals surface area (Å²) >= 11 is 0. The molecule has 1 amide bonds. The van der Waals surface area contributed by atoms with E-state index in [0.717, 1.165) is 103 Å². The molecule has 73 heavy (non-hydrogen) atoms. The van der Waals surface area contributed by atoms with Gasteiger partial charge in [-0.1, -0.05) is 248 Å². The molecule has 3 unspecified atom stereocenters. The van der Waals surface area contributed by atoms with E-state index in [1.807, 2.05) is 33.3 Å². The molecule has 0 saturated heterocycles. The number of carbonyl (C=O) groups is 2. The number of phosphoric ester groups is 1. The summed E-state index contributed by atoms with van der Waals surface area (Å²) in [6.45, 7) is 6.72. The van der Waals surface area contributed by atoms with E-state index in [-0.39, 0.29) is 24.9 Å². The van der Waals surface area contributed by atoms with Crippen LogP contribution in [-0.2, 0) is 27.9 Å². The van der Waals surface area contributed by atoms with Crippen LogP contribution in [0.15, 0.2) is 72.9 Å². The molecule has 0 spiro atoms. The second-order valence-electron chi connectivity index (χ2n) is 21.5. The van der Waals surface area contributed by atoms with Crippen LogP contribution in [-0.4, -0.2) is 69.4 Å². The van der Waals surface area contributed by atoms with Crippen molar-refractivity contribution >= 4 is 19.7 Å². The second-order valence-corrected chi connectivity index (χ2v) is 22.9. The highest BCUT2D eigenvalue weighted by Crippen LogP contribution is 2.38. The molecule has 0 rings (SSSR count). The maximum Gasteiger partial charge on any atom is 0.306 e. The summed E-state index contributed by atoms with van der Waals surface area (Å²) in [6.07, 6.45) is 67.2. The Hall–Kier alpha value is -2.55. The smallest absolute Gasteiger partial charge is 0.306 e. The van der Waals surface area contributed by atoms with Crippen molar-refractivity contribution in [3.8, 4) is 0 Å². The first kappa shape index (κ1) is 70.5. The summed E-state index contributed by atoms with van der Waals surface area (Å²) in [5.41, 5.74) is 0. The monoisotopic (exact) mass is 1040 g/mol. The molecule has 0 saturated carbocycles. The molecular weight excluding hydrogens is 928 g/mol. The quantitative estimate of drug-likeness (QED) is 0.0212. The number of hydrogen-bond acceptors (Lipinski definition) is 7. The maximum atomic E-state index is 13.5. The van der Waals surface area contributed by atoms with E-state index in [1.165, 1.54) is 122 Å². The molecule has 0 heterocycles. The van der Waals surface area contributed by atoms with Crippen molar-refractivity contribution in [2.45, 2.75) is 277 Å². The fourth-order valence-electron chi connectivity index (χ4n) is 8.49. The molecule has 0 aliphatic carbocycles. The number of nitrogens with one attached hydrogen (secondary N) is 1. The minimum absolute atomic E-state index is 0.0278. The van der Waals surface area contributed by atoms with Crippen LogP contribution in [0.25, 0.3) is 0 Å². The van der Waals surface area contributed by atoms with Gasteiger partial charge in [-0.25, -0.2) is 0 Å². The molecule has 0 aromatic rings. The Morgan fingerprint density at radius 2 is 0.877 bits per heavy atom. The SMILES string of the molecule is CC/C=C\C/C=C\C/C=C\C/C=C\C/C=C\CCCCCCCC(=O)NC(COP(=O)([O-])OCC[N+](C)(C)C)C(/C=C\CCCCCCCCCCCC)OC(=O)CCCCCCCCCCCCCCCC. The third-order valence-electron chi connectivity index (χ3n) is 13.2. The van der Waals surface area contributed by atoms with Crippen LogP contribution in [0.4, 0.5) is 0 Å². The Labute approximate surface area is 451 Å². The summed E-state index contributed by atoms with van der Waals surface area (Å²) in [6, 6.07) is -0.899. The van der Waals surface area contributed by atoms with Crippen LogP contribution in [0.5, 0.6) is 0 Å². The van der Waals surface area contributed by atoms with Gasteiger partial charge in [0.15, 0.2) is 0 Å². The third-order valence-corrected chi connectivity index (χ3v) is 14.1. The van der Waals surface area contributed by atoms with Gasteiger partial charge in [0.1, 0.15) is 19.3 Å². The predicted molar refractivity (Wildman–Crippen MR) is 312 cm³/mol. The number of nitrogens with zero attached hydrogens (tertiary/aromatic N) is 1. The lowest BCUT2D eigenvalue weighted by atomic mass is 10.0. The molecular formula is C63H115N2O7P. The Morgan fingerprint density at radius 1 is 0.493 bits per heavy atom. The molecule has 0 fully saturated rings. The van der Waals surface area contributed by atoms with Gasteiger partial charge in [0.2, 0.25) is 5.91 Å². The fraction of sp³-hybridized carbons (Fsp3) is 0.778. The van der Waals surface area contributed by atoms with Crippen molar-refractivity contribution in [2.75, 3.05) is 40.9 Å². The van der Waals surface area contributed by atoms with Gasteiger partial charge in [-0.05, 0) is 76.7 Å². The van der Waals surface area contributed by atoms with Crippen LogP contribution >= 0.6 is 7.82 Å². The van der Waals surface area contributed by atoms with Gasteiger partial charge in [-0.15, -0.1) is 0 Å². The molecule has 0 aliphatic heterocycles. The highest BCUT2D eigenvalue weighted by molar-refractivity contribution is 7.45. The standard InChI is InChI=1S/C63H115N2O7P/c1-7-10-13-16-19-22-25-28-30-31-32-33-34-35-36-37-40-43-46-49-52-55-62(66)64-60(59-71-73(68,69)70-58-57-65(4,5)6)61(54-51-48-45-42-39-27-24-21-18-15-12-9-3)72-63(67)56-53-50-47-44-41-38-29-26-23-20-17-14-11-8-2/h10,13,19,22,28,30,32-33,35-36,51,54,60-61H,7-9,11-12,14-18,20-21,23-27,29,31,34,37-50,52-53,55-59H2,1-6H3,(H-,64,66,68,69)/b13-10-,22-19-,30-28-,33-32-,36-35-,54-51-. The van der Waals surface area contributed by atoms with Crippen molar-refractivity contribution in [1.82, 2.24) is 5.32 Å². The summed E-state index contributed by atoms with van der Waals surface area (Å²) in [5, 5.41) is 3.02. The van der Waals surface area contributed by atoms with E-state index in [2.05, 4.69) is 86.8 Å². The van der Waals surface area contributed by atoms with Gasteiger partial charge in [0.25, 0.3) is 7.82 Å². The Bertz CT molecular complexity index is 1480. The number of carbonyl (C=O) groups excluding carboxylic acids is 2. The van der Waals surface area contributed by atoms with E-state index >= 15 is 0 Å². The van der Waals surface area contributed by atoms with Crippen LogP contribution in [0, 0.1) is 0 Å². The number of rotatable bonds is 54. The minimum atomic E-state index is -4.70. The Balaban J connectivity index is 5.30. The molecule has 10 heteroatoms. The van der Waals surface area contributed by atoms with Crippen LogP contribution in [0.2, 0.25) is 0 Å². The largest absolute Gasteiger partial charge is 0.756 e. The van der Waals surface area contributed by atoms with E-state index in [9.17, 15) is 19.0 Å². The molecule has 9 nitrogen and oxygen atoms in total. The van der Waals surface area contributed by atoms with Crippen molar-refractivity contribution in [1.29, 1.82) is 0 Å². The van der Waals surface area contributed by atoms with E-state index in [1.54, 1.807) is 0 Å². The van der Waals surface area contributed by atoms with Gasteiger partial charge in [-0.2, -0.15) is 0 Å². The van der Waals surface area contributed by atoms with E-state index in [0.29, 0.717) is 23.9 Å². The summed E-state index contributed by atoms with van der Waals surface area (Å²) in [5.74, 6) is -0.559. The van der Waals surface area contributed by atoms with E-state index < -0.39 is 26.6 Å². The van der Waals surface area contributed by atoms with Crippen LogP contribution in [0.1, 0.15) is 265 Å². The molecule has 3 atom stereocenters. The second kappa shape index (κ2) is 52.9. The number of likely N-dealkylation sites (N-methyl/N-ethyl adjacent to an activating group) is 1. The lowest BCUT2D eigenvalue weighted by molar-refractivity contribution is -0.870. The lowest BCUT2D eigenvalue weighted by Crippen LogP contribution is -2.47. The van der Waals surface area contributed by atoms with Gasteiger partial charge >= 0.3 is 5.97 Å². The predicted octanol–water partition coefficient (Wildman–Crippen LogP) is 17.8. The topological polar surface area (TPSA) is 114 Å². The molecule has 0 bridgehead atoms. The van der Waals surface area contributed by atoms with Gasteiger partial charge in [-0.3, -0.25) is 14.2 Å². The number of unbranched alkanes of at least 4 members (excludes halogenated alkanes) is 28. The van der Waals surface area contributed by atoms with Crippen LogP contribution < -0.4 is 10.2 Å². The molecule has 0 aromatic heterocycles. The van der Waals surface area contributed by atoms with Crippen molar-refractivity contribution in [3.63, 3.8) is 0 Å². The highest BCUT2D eigenvalue weighted by Gasteiger charge is 2.27. The van der Waals surface area contributed by atoms with Crippen molar-refractivity contribution in [3.05, 3.63) is 72.9 Å². The number of amides is 1. The highest BCUT2D eigenvalue weighted by atomic mass is 31.2. The molecule has 0 aromatic carbocycles. The molecule has 0 aliphatic rings. The minimum Gasteiger partial charge on any atom is -0.756 e. The zero-order valence-corrected chi connectivity index (χ0v) is 49.2. The number of hydrogen-bond donors (Lipinski definition) is 1. The number of phosphoric acid groups is 1. The molecule has 424 valence electrons. The summed E-state index contributed by atoms with van der Waals surface area (Å²) < 4.78 is 30.3. The zero-order chi connectivity index (χ0) is 53.6. The fourth-order valence-corrected chi connectivity index (χ4v) is 9.21. The molecule has 1 N–H and O–H groups in total. The number of allylic oxidation sites excluding steroid dienone is 11. The maximum absolute atomic E-state index is 13.5. The van der Waals surface area contributed by atoms with Crippen LogP contribution in [0.3, 0.4) is 0 Å². The summed E-state index contributed by atoms with van der Waals surface area (Å²) in [7, 11) is 1.17. The van der Waals surface area contributed by atoms with Crippen molar-refractivity contribution in [2.24, 2.45) is 0 Å². The van der Waals surface area contributed by atoms with Crippen molar-refractivity contribution < 1.29 is 37.3 Å². The lowest BCUT2D eigenvalue weighted by Gasteiger charge is -2.30. The average molecular weight is 1040 g/mol. The van der Waals surface area contributed by atoms with Gasteiger partial charge in [0.05, 0.1) is 33.8 Å². The first-order valence-corrected chi connectivity index (χ1v) is 31.7. The number of quaternary nitrogens is 1. The first-order chi connectivity index (χ1) is 35.4. The number of ether oxygens (including phenoxy) is 1. The first-order valence-electron chi connectivity index (χ1n) is 30.2. The summed E-state index contributed by atoms with van der Waals surface area (Å²) in [4.78, 5) is 39.9. The zero-order valence-electron chi connectivity index (χ0n) is 48.3. The van der Waals surface area contributed by atoms with E-state index in [4.69, 9.17) is 13.8 Å². The third kappa shape index (κ3) is 54.1. The Kier molecular flexibility index (Phi) is 51.0. The average Bonchev–Trinajstić information content (AvgIpc) is 3.35. The normalized spacial score (nSPS) is 14.2. The van der Waals surface area contributed by atoms with Gasteiger partial charge in [0, 0.05) is 12.8 Å². The molecule has 0 radical (unpaired) electrons.